The summed E-state index contributed by atoms with van der Waals surface area (Å²) < 4.78 is 3.07. The van der Waals surface area contributed by atoms with Gasteiger partial charge in [-0.15, -0.1) is 0 Å². The third-order valence-electron chi connectivity index (χ3n) is 2.21. The lowest BCUT2D eigenvalue weighted by Crippen LogP contribution is -1.96. The molecule has 0 aliphatic carbocycles. The number of hydrogen-bond acceptors (Lipinski definition) is 2. The predicted molar refractivity (Wildman–Crippen MR) is 62.1 cm³/mol. The molecule has 0 atom stereocenters. The summed E-state index contributed by atoms with van der Waals surface area (Å²) in [5.74, 6) is 0. The average molecular weight is 254 g/mol. The second kappa shape index (κ2) is 3.61. The SMILES string of the molecule is CCCn1cnc2ccc(N)c(Br)c21. The first-order valence-electron chi connectivity index (χ1n) is 4.63. The summed E-state index contributed by atoms with van der Waals surface area (Å²) in [6, 6.07) is 3.82. The van der Waals surface area contributed by atoms with Crippen molar-refractivity contribution in [2.45, 2.75) is 19.9 Å². The van der Waals surface area contributed by atoms with E-state index in [0.717, 1.165) is 34.2 Å². The molecule has 0 radical (unpaired) electrons. The maximum atomic E-state index is 5.82. The van der Waals surface area contributed by atoms with Crippen LogP contribution in [0.15, 0.2) is 22.9 Å². The highest BCUT2D eigenvalue weighted by atomic mass is 79.9. The van der Waals surface area contributed by atoms with Gasteiger partial charge in [-0.2, -0.15) is 0 Å². The molecule has 0 aliphatic heterocycles. The highest BCUT2D eigenvalue weighted by Crippen LogP contribution is 2.28. The van der Waals surface area contributed by atoms with E-state index in [2.05, 4.69) is 32.4 Å². The smallest absolute Gasteiger partial charge is 0.0958 e. The van der Waals surface area contributed by atoms with Crippen LogP contribution in [-0.2, 0) is 6.54 Å². The maximum Gasteiger partial charge on any atom is 0.0958 e. The van der Waals surface area contributed by atoms with Crippen molar-refractivity contribution < 1.29 is 0 Å². The molecular weight excluding hydrogens is 242 g/mol. The van der Waals surface area contributed by atoms with Crippen LogP contribution in [0.3, 0.4) is 0 Å². The molecule has 1 aromatic carbocycles. The Morgan fingerprint density at radius 1 is 1.50 bits per heavy atom. The van der Waals surface area contributed by atoms with Crippen LogP contribution in [0.1, 0.15) is 13.3 Å². The Balaban J connectivity index is 2.69. The maximum absolute atomic E-state index is 5.82. The van der Waals surface area contributed by atoms with Gasteiger partial charge in [0.1, 0.15) is 0 Å². The van der Waals surface area contributed by atoms with Crippen LogP contribution in [-0.4, -0.2) is 9.55 Å². The normalized spacial score (nSPS) is 11.0. The van der Waals surface area contributed by atoms with Crippen molar-refractivity contribution in [2.24, 2.45) is 0 Å². The van der Waals surface area contributed by atoms with Crippen molar-refractivity contribution in [1.82, 2.24) is 9.55 Å². The standard InChI is InChI=1S/C10H12BrN3/c1-2-5-14-6-13-8-4-3-7(12)9(11)10(8)14/h3-4,6H,2,5,12H2,1H3. The molecule has 0 saturated carbocycles. The summed E-state index contributed by atoms with van der Waals surface area (Å²) >= 11 is 3.49. The highest BCUT2D eigenvalue weighted by Gasteiger charge is 2.07. The van der Waals surface area contributed by atoms with Crippen LogP contribution >= 0.6 is 15.9 Å². The Morgan fingerprint density at radius 3 is 3.00 bits per heavy atom. The predicted octanol–water partition coefficient (Wildman–Crippen LogP) is 2.79. The van der Waals surface area contributed by atoms with Gasteiger partial charge in [0.2, 0.25) is 0 Å². The van der Waals surface area contributed by atoms with Crippen LogP contribution in [0, 0.1) is 0 Å². The van der Waals surface area contributed by atoms with Crippen molar-refractivity contribution in [3.05, 3.63) is 22.9 Å². The van der Waals surface area contributed by atoms with Crippen molar-refractivity contribution in [2.75, 3.05) is 5.73 Å². The molecule has 0 aliphatic rings. The van der Waals surface area contributed by atoms with E-state index in [1.807, 2.05) is 18.5 Å². The van der Waals surface area contributed by atoms with Crippen molar-refractivity contribution >= 4 is 32.7 Å². The van der Waals surface area contributed by atoms with Gasteiger partial charge in [0.25, 0.3) is 0 Å². The molecule has 0 unspecified atom stereocenters. The van der Waals surface area contributed by atoms with Crippen molar-refractivity contribution in [3.8, 4) is 0 Å². The summed E-state index contributed by atoms with van der Waals surface area (Å²) in [5.41, 5.74) is 8.66. The van der Waals surface area contributed by atoms with Gasteiger partial charge in [0, 0.05) is 12.2 Å². The van der Waals surface area contributed by atoms with Gasteiger partial charge in [-0.3, -0.25) is 0 Å². The molecule has 74 valence electrons. The lowest BCUT2D eigenvalue weighted by molar-refractivity contribution is 0.696. The second-order valence-electron chi connectivity index (χ2n) is 3.27. The van der Waals surface area contributed by atoms with E-state index < -0.39 is 0 Å². The number of rotatable bonds is 2. The molecule has 4 heteroatoms. The number of halogens is 1. The van der Waals surface area contributed by atoms with E-state index in [-0.39, 0.29) is 0 Å². The Kier molecular flexibility index (Phi) is 2.46. The molecule has 3 nitrogen and oxygen atoms in total. The number of imidazole rings is 1. The monoisotopic (exact) mass is 253 g/mol. The molecule has 0 fully saturated rings. The van der Waals surface area contributed by atoms with E-state index in [1.54, 1.807) is 0 Å². The first-order chi connectivity index (χ1) is 6.74. The summed E-state index contributed by atoms with van der Waals surface area (Å²) in [6.07, 6.45) is 2.95. The Bertz CT molecular complexity index is 462. The zero-order valence-corrected chi connectivity index (χ0v) is 9.58. The minimum absolute atomic E-state index is 0.760. The highest BCUT2D eigenvalue weighted by molar-refractivity contribution is 9.10. The molecule has 0 bridgehead atoms. The van der Waals surface area contributed by atoms with Crippen LogP contribution in [0.4, 0.5) is 5.69 Å². The number of benzene rings is 1. The van der Waals surface area contributed by atoms with Gasteiger partial charge >= 0.3 is 0 Å². The molecule has 0 saturated heterocycles. The fourth-order valence-electron chi connectivity index (χ4n) is 1.55. The van der Waals surface area contributed by atoms with Crippen molar-refractivity contribution in [1.29, 1.82) is 0 Å². The number of fused-ring (bicyclic) bond motifs is 1. The lowest BCUT2D eigenvalue weighted by atomic mass is 10.3. The number of aromatic nitrogens is 2. The number of hydrogen-bond donors (Lipinski definition) is 1. The van der Waals surface area contributed by atoms with E-state index in [0.29, 0.717) is 0 Å². The molecule has 14 heavy (non-hydrogen) atoms. The van der Waals surface area contributed by atoms with Crippen LogP contribution in [0.25, 0.3) is 11.0 Å². The summed E-state index contributed by atoms with van der Waals surface area (Å²) in [6.45, 7) is 3.12. The van der Waals surface area contributed by atoms with Crippen LogP contribution in [0.2, 0.25) is 0 Å². The first-order valence-corrected chi connectivity index (χ1v) is 5.42. The number of nitrogen functional groups attached to an aromatic ring is 1. The largest absolute Gasteiger partial charge is 0.398 e. The molecule has 2 rings (SSSR count). The third kappa shape index (κ3) is 1.39. The molecule has 2 aromatic rings. The van der Waals surface area contributed by atoms with Gasteiger partial charge < -0.3 is 10.3 Å². The number of nitrogens with two attached hydrogens (primary N) is 1. The van der Waals surface area contributed by atoms with Gasteiger partial charge in [-0.1, -0.05) is 6.92 Å². The van der Waals surface area contributed by atoms with Crippen LogP contribution in [0.5, 0.6) is 0 Å². The summed E-state index contributed by atoms with van der Waals surface area (Å²) in [7, 11) is 0. The minimum Gasteiger partial charge on any atom is -0.398 e. The number of aryl methyl sites for hydroxylation is 1. The van der Waals surface area contributed by atoms with E-state index in [4.69, 9.17) is 5.73 Å². The Hall–Kier alpha value is -1.03. The zero-order chi connectivity index (χ0) is 10.1. The van der Waals surface area contributed by atoms with Gasteiger partial charge in [0.15, 0.2) is 0 Å². The lowest BCUT2D eigenvalue weighted by Gasteiger charge is -2.04. The van der Waals surface area contributed by atoms with Crippen molar-refractivity contribution in [3.63, 3.8) is 0 Å². The van der Waals surface area contributed by atoms with E-state index in [1.165, 1.54) is 0 Å². The van der Waals surface area contributed by atoms with Gasteiger partial charge in [-0.25, -0.2) is 4.98 Å². The fourth-order valence-corrected chi connectivity index (χ4v) is 2.11. The topological polar surface area (TPSA) is 43.8 Å². The molecule has 2 N–H and O–H groups in total. The van der Waals surface area contributed by atoms with E-state index >= 15 is 0 Å². The zero-order valence-electron chi connectivity index (χ0n) is 8.00. The number of anilines is 1. The summed E-state index contributed by atoms with van der Waals surface area (Å²) in [4.78, 5) is 4.32. The Morgan fingerprint density at radius 2 is 2.29 bits per heavy atom. The molecule has 0 spiro atoms. The fraction of sp³-hybridized carbons (Fsp3) is 0.300. The van der Waals surface area contributed by atoms with Gasteiger partial charge in [0.05, 0.1) is 21.8 Å². The molecule has 0 amide bonds. The number of nitrogens with zero attached hydrogens (tertiary/aromatic N) is 2. The van der Waals surface area contributed by atoms with Crippen LogP contribution < -0.4 is 5.73 Å². The molecule has 1 heterocycles. The van der Waals surface area contributed by atoms with Gasteiger partial charge in [-0.05, 0) is 34.5 Å². The second-order valence-corrected chi connectivity index (χ2v) is 4.07. The molecule has 1 aromatic heterocycles. The Labute approximate surface area is 91.1 Å². The van der Waals surface area contributed by atoms with E-state index in [9.17, 15) is 0 Å². The molecular formula is C10H12BrN3. The third-order valence-corrected chi connectivity index (χ3v) is 3.05. The first kappa shape index (κ1) is 9.52. The quantitative estimate of drug-likeness (QED) is 0.837. The average Bonchev–Trinajstić information content (AvgIpc) is 2.57. The minimum atomic E-state index is 0.760. The summed E-state index contributed by atoms with van der Waals surface area (Å²) in [5, 5.41) is 0.